The lowest BCUT2D eigenvalue weighted by Crippen LogP contribution is -2.36. The summed E-state index contributed by atoms with van der Waals surface area (Å²) in [7, 11) is -1.72. The smallest absolute Gasteiger partial charge is 0.207 e. The van der Waals surface area contributed by atoms with E-state index in [-0.39, 0.29) is 6.04 Å². The first-order chi connectivity index (χ1) is 10.5. The number of benzene rings is 2. The zero-order chi connectivity index (χ0) is 15.7. The van der Waals surface area contributed by atoms with Crippen LogP contribution in [0.4, 0.5) is 0 Å². The highest BCUT2D eigenvalue weighted by atomic mass is 32.2. The molecule has 0 spiro atoms. The maximum absolute atomic E-state index is 12.7. The Balaban J connectivity index is 1.85. The summed E-state index contributed by atoms with van der Waals surface area (Å²) in [5, 5.41) is 0. The van der Waals surface area contributed by atoms with Gasteiger partial charge in [0, 0.05) is 13.1 Å². The number of rotatable bonds is 5. The van der Waals surface area contributed by atoms with Crippen LogP contribution in [0.5, 0.6) is 0 Å². The molecule has 0 heterocycles. The normalized spacial score (nSPS) is 16.7. The molecular weight excluding hydrogens is 294 g/mol. The summed E-state index contributed by atoms with van der Waals surface area (Å²) >= 11 is 0. The van der Waals surface area contributed by atoms with Gasteiger partial charge in [-0.15, -0.1) is 0 Å². The fourth-order valence-corrected chi connectivity index (χ4v) is 4.13. The Morgan fingerprint density at radius 1 is 0.955 bits per heavy atom. The van der Waals surface area contributed by atoms with Gasteiger partial charge in [0.05, 0.1) is 4.90 Å². The van der Waals surface area contributed by atoms with Gasteiger partial charge in [-0.05, 0) is 48.9 Å². The molecule has 3 rings (SSSR count). The lowest BCUT2D eigenvalue weighted by atomic mass is 10.1. The standard InChI is InChI=1S/C18H21NO2S/c1-14(15-8-9-15)19(2)22(20,21)18-12-10-17(11-13-18)16-6-4-3-5-7-16/h3-7,10-15H,8-9H2,1-2H3/t14-/m0/s1. The minimum atomic E-state index is -3.41. The first kappa shape index (κ1) is 15.3. The second-order valence-corrected chi connectivity index (χ2v) is 7.99. The maximum atomic E-state index is 12.7. The van der Waals surface area contributed by atoms with Gasteiger partial charge >= 0.3 is 0 Å². The monoisotopic (exact) mass is 315 g/mol. The summed E-state index contributed by atoms with van der Waals surface area (Å²) in [6, 6.07) is 17.2. The van der Waals surface area contributed by atoms with Crippen LogP contribution in [-0.2, 0) is 10.0 Å². The molecule has 1 atom stereocenters. The molecule has 0 amide bonds. The van der Waals surface area contributed by atoms with Gasteiger partial charge in [-0.2, -0.15) is 4.31 Å². The molecule has 0 unspecified atom stereocenters. The molecule has 0 N–H and O–H groups in total. The van der Waals surface area contributed by atoms with Crippen molar-refractivity contribution in [3.8, 4) is 11.1 Å². The van der Waals surface area contributed by atoms with Gasteiger partial charge in [-0.25, -0.2) is 8.42 Å². The fourth-order valence-electron chi connectivity index (χ4n) is 2.71. The summed E-state index contributed by atoms with van der Waals surface area (Å²) in [5.74, 6) is 0.517. The van der Waals surface area contributed by atoms with E-state index in [2.05, 4.69) is 0 Å². The van der Waals surface area contributed by atoms with E-state index in [0.29, 0.717) is 10.8 Å². The molecule has 1 fully saturated rings. The molecule has 2 aromatic carbocycles. The molecule has 0 saturated heterocycles. The Bertz CT molecular complexity index is 734. The lowest BCUT2D eigenvalue weighted by molar-refractivity contribution is 0.357. The maximum Gasteiger partial charge on any atom is 0.243 e. The number of hydrogen-bond donors (Lipinski definition) is 0. The van der Waals surface area contributed by atoms with Crippen LogP contribution >= 0.6 is 0 Å². The molecule has 0 aliphatic heterocycles. The van der Waals surface area contributed by atoms with Gasteiger partial charge in [0.15, 0.2) is 0 Å². The molecule has 4 heteroatoms. The van der Waals surface area contributed by atoms with Crippen LogP contribution in [0.1, 0.15) is 19.8 Å². The summed E-state index contributed by atoms with van der Waals surface area (Å²) < 4.78 is 26.9. The van der Waals surface area contributed by atoms with Crippen LogP contribution in [0.3, 0.4) is 0 Å². The highest BCUT2D eigenvalue weighted by molar-refractivity contribution is 7.89. The quantitative estimate of drug-likeness (QED) is 0.842. The van der Waals surface area contributed by atoms with Crippen LogP contribution in [0.15, 0.2) is 59.5 Å². The first-order valence-electron chi connectivity index (χ1n) is 7.63. The molecule has 0 bridgehead atoms. The minimum absolute atomic E-state index is 0.0683. The lowest BCUT2D eigenvalue weighted by Gasteiger charge is -2.24. The Morgan fingerprint density at radius 2 is 1.50 bits per heavy atom. The average Bonchev–Trinajstić information content (AvgIpc) is 3.39. The van der Waals surface area contributed by atoms with E-state index in [1.807, 2.05) is 49.4 Å². The highest BCUT2D eigenvalue weighted by Crippen LogP contribution is 2.36. The van der Waals surface area contributed by atoms with Crippen molar-refractivity contribution < 1.29 is 8.42 Å². The van der Waals surface area contributed by atoms with Crippen molar-refractivity contribution in [1.82, 2.24) is 4.31 Å². The van der Waals surface area contributed by atoms with E-state index >= 15 is 0 Å². The van der Waals surface area contributed by atoms with Crippen molar-refractivity contribution in [1.29, 1.82) is 0 Å². The van der Waals surface area contributed by atoms with Gasteiger partial charge in [0.2, 0.25) is 10.0 Å². The third-order valence-electron chi connectivity index (χ3n) is 4.52. The number of sulfonamides is 1. The topological polar surface area (TPSA) is 37.4 Å². The average molecular weight is 315 g/mol. The predicted molar refractivity (Wildman–Crippen MR) is 89.0 cm³/mol. The van der Waals surface area contributed by atoms with Crippen molar-refractivity contribution in [3.63, 3.8) is 0 Å². The van der Waals surface area contributed by atoms with Gasteiger partial charge in [-0.1, -0.05) is 42.5 Å². The zero-order valence-corrected chi connectivity index (χ0v) is 13.8. The summed E-state index contributed by atoms with van der Waals surface area (Å²) in [5.41, 5.74) is 2.11. The number of nitrogens with zero attached hydrogens (tertiary/aromatic N) is 1. The molecule has 116 valence electrons. The van der Waals surface area contributed by atoms with Gasteiger partial charge in [0.1, 0.15) is 0 Å². The molecule has 2 aromatic rings. The summed E-state index contributed by atoms with van der Waals surface area (Å²) in [4.78, 5) is 0.363. The van der Waals surface area contributed by atoms with E-state index in [1.165, 1.54) is 4.31 Å². The Labute approximate surface area is 132 Å². The summed E-state index contributed by atoms with van der Waals surface area (Å²) in [6.45, 7) is 1.99. The Hall–Kier alpha value is -1.65. The number of hydrogen-bond acceptors (Lipinski definition) is 2. The van der Waals surface area contributed by atoms with Crippen molar-refractivity contribution >= 4 is 10.0 Å². The van der Waals surface area contributed by atoms with Crippen molar-refractivity contribution in [2.45, 2.75) is 30.7 Å². The third kappa shape index (κ3) is 2.94. The van der Waals surface area contributed by atoms with Crippen molar-refractivity contribution in [2.24, 2.45) is 5.92 Å². The zero-order valence-electron chi connectivity index (χ0n) is 12.9. The molecule has 0 aromatic heterocycles. The predicted octanol–water partition coefficient (Wildman–Crippen LogP) is 3.77. The second-order valence-electron chi connectivity index (χ2n) is 5.99. The fraction of sp³-hybridized carbons (Fsp3) is 0.333. The van der Waals surface area contributed by atoms with Crippen LogP contribution < -0.4 is 0 Å². The molecule has 22 heavy (non-hydrogen) atoms. The van der Waals surface area contributed by atoms with E-state index in [0.717, 1.165) is 24.0 Å². The molecular formula is C18H21NO2S. The minimum Gasteiger partial charge on any atom is -0.207 e. The van der Waals surface area contributed by atoms with E-state index in [4.69, 9.17) is 0 Å². The molecule has 3 nitrogen and oxygen atoms in total. The van der Waals surface area contributed by atoms with Crippen LogP contribution in [0.25, 0.3) is 11.1 Å². The third-order valence-corrected chi connectivity index (χ3v) is 6.47. The van der Waals surface area contributed by atoms with Gasteiger partial charge < -0.3 is 0 Å². The molecule has 0 radical (unpaired) electrons. The van der Waals surface area contributed by atoms with Crippen LogP contribution in [0, 0.1) is 5.92 Å². The van der Waals surface area contributed by atoms with E-state index in [9.17, 15) is 8.42 Å². The van der Waals surface area contributed by atoms with E-state index in [1.54, 1.807) is 19.2 Å². The molecule has 1 aliphatic rings. The Morgan fingerprint density at radius 3 is 2.05 bits per heavy atom. The SMILES string of the molecule is C[C@@H](C1CC1)N(C)S(=O)(=O)c1ccc(-c2ccccc2)cc1. The van der Waals surface area contributed by atoms with Gasteiger partial charge in [0.25, 0.3) is 0 Å². The highest BCUT2D eigenvalue weighted by Gasteiger charge is 2.35. The summed E-state index contributed by atoms with van der Waals surface area (Å²) in [6.07, 6.45) is 2.27. The van der Waals surface area contributed by atoms with Gasteiger partial charge in [-0.3, -0.25) is 0 Å². The first-order valence-corrected chi connectivity index (χ1v) is 9.07. The van der Waals surface area contributed by atoms with Crippen LogP contribution in [-0.4, -0.2) is 25.8 Å². The van der Waals surface area contributed by atoms with Crippen molar-refractivity contribution in [2.75, 3.05) is 7.05 Å². The molecule has 1 saturated carbocycles. The van der Waals surface area contributed by atoms with E-state index < -0.39 is 10.0 Å². The van der Waals surface area contributed by atoms with Crippen molar-refractivity contribution in [3.05, 3.63) is 54.6 Å². The second kappa shape index (κ2) is 5.86. The molecule has 1 aliphatic carbocycles. The van der Waals surface area contributed by atoms with Crippen LogP contribution in [0.2, 0.25) is 0 Å². The Kier molecular flexibility index (Phi) is 4.06. The largest absolute Gasteiger partial charge is 0.243 e.